The van der Waals surface area contributed by atoms with Crippen LogP contribution in [0.4, 0.5) is 13.6 Å². The number of halogens is 2. The van der Waals surface area contributed by atoms with Gasteiger partial charge in [-0.2, -0.15) is 8.78 Å². The fourth-order valence-electron chi connectivity index (χ4n) is 1.23. The maximum Gasteiger partial charge on any atom is 0.273 e. The number of thiol groups is 1. The first-order valence-electron chi connectivity index (χ1n) is 6.51. The second kappa shape index (κ2) is 14.1. The summed E-state index contributed by atoms with van der Waals surface area (Å²) in [6, 6.07) is 0. The number of primary amides is 1. The predicted molar refractivity (Wildman–Crippen MR) is 88.8 cm³/mol. The molecule has 0 aromatic heterocycles. The number of thiocarbonyl (C=S) groups is 1. The molecule has 0 aliphatic rings. The zero-order valence-corrected chi connectivity index (χ0v) is 14.4. The summed E-state index contributed by atoms with van der Waals surface area (Å²) in [6.07, 6.45) is 2.60. The molecule has 1 amide bonds. The first-order chi connectivity index (χ1) is 9.68. The highest BCUT2D eigenvalue weighted by Crippen LogP contribution is 2.15. The summed E-state index contributed by atoms with van der Waals surface area (Å²) in [5.41, 5.74) is 4.54. The largest absolute Gasteiger partial charge is 0.471 e. The molecular weight excluding hydrogens is 318 g/mol. The van der Waals surface area contributed by atoms with Gasteiger partial charge in [0.25, 0.3) is 16.5 Å². The third kappa shape index (κ3) is 19.1. The number of carbonyl (C=O) groups excluding carboxylic acids is 1. The minimum atomic E-state index is -1.54. The quantitative estimate of drug-likeness (QED) is 0.418. The molecule has 0 aliphatic heterocycles. The number of carbonyl (C=O) groups is 1. The first kappa shape index (κ1) is 22.4. The molecule has 0 fully saturated rings. The lowest BCUT2D eigenvalue weighted by Gasteiger charge is -2.14. The predicted octanol–water partition coefficient (Wildman–Crippen LogP) is 3.97. The van der Waals surface area contributed by atoms with Gasteiger partial charge in [0.2, 0.25) is 0 Å². The molecule has 0 aromatic rings. The Morgan fingerprint density at radius 3 is 2.14 bits per heavy atom. The minimum Gasteiger partial charge on any atom is -0.471 e. The van der Waals surface area contributed by atoms with Crippen molar-refractivity contribution in [2.24, 2.45) is 5.73 Å². The molecule has 0 saturated heterocycles. The fraction of sp³-hybridized carbons (Fsp3) is 0.692. The van der Waals surface area contributed by atoms with Gasteiger partial charge in [-0.3, -0.25) is 4.79 Å². The molecule has 0 unspecified atom stereocenters. The number of rotatable bonds is 7. The Morgan fingerprint density at radius 2 is 1.71 bits per heavy atom. The van der Waals surface area contributed by atoms with Gasteiger partial charge in [-0.15, -0.1) is 0 Å². The van der Waals surface area contributed by atoms with E-state index < -0.39 is 11.3 Å². The van der Waals surface area contributed by atoms with E-state index in [1.54, 1.807) is 4.90 Å². The zero-order chi connectivity index (χ0) is 16.8. The smallest absolute Gasteiger partial charge is 0.273 e. The van der Waals surface area contributed by atoms with E-state index in [2.05, 4.69) is 18.4 Å². The lowest BCUT2D eigenvalue weighted by atomic mass is 10.1. The average molecular weight is 342 g/mol. The zero-order valence-electron chi connectivity index (χ0n) is 12.7. The van der Waals surface area contributed by atoms with Crippen LogP contribution in [0.5, 0.6) is 0 Å². The number of nitrogens with zero attached hydrogens (tertiary/aromatic N) is 1. The molecule has 8 heteroatoms. The van der Waals surface area contributed by atoms with Crippen molar-refractivity contribution in [2.75, 3.05) is 20.7 Å². The third-order valence-electron chi connectivity index (χ3n) is 2.36. The maximum atomic E-state index is 12.1. The summed E-state index contributed by atoms with van der Waals surface area (Å²) in [4.78, 5) is 10.8. The lowest BCUT2D eigenvalue weighted by molar-refractivity contribution is 0.260. The number of hydrogen-bond acceptors (Lipinski definition) is 3. The van der Waals surface area contributed by atoms with E-state index in [0.29, 0.717) is 18.2 Å². The van der Waals surface area contributed by atoms with Gasteiger partial charge in [-0.05, 0) is 44.0 Å². The minimum absolute atomic E-state index is 0.204. The number of amides is 1. The van der Waals surface area contributed by atoms with E-state index in [9.17, 15) is 8.78 Å². The lowest BCUT2D eigenvalue weighted by Crippen LogP contribution is -2.22. The van der Waals surface area contributed by atoms with Crippen LogP contribution in [0.2, 0.25) is 0 Å². The molecule has 0 atom stereocenters. The second-order valence-electron chi connectivity index (χ2n) is 4.55. The highest BCUT2D eigenvalue weighted by Gasteiger charge is 2.01. The van der Waals surface area contributed by atoms with Crippen LogP contribution >= 0.6 is 24.8 Å². The van der Waals surface area contributed by atoms with Crippen LogP contribution in [0.3, 0.4) is 0 Å². The molecule has 0 radical (unpaired) electrons. The number of unbranched alkanes of at least 4 members (excludes halogenated alkanes) is 3. The van der Waals surface area contributed by atoms with Gasteiger partial charge in [0.1, 0.15) is 0 Å². The molecule has 0 bridgehead atoms. The van der Waals surface area contributed by atoms with Crippen molar-refractivity contribution in [1.29, 1.82) is 0 Å². The molecule has 124 valence electrons. The van der Waals surface area contributed by atoms with Crippen molar-refractivity contribution in [2.45, 2.75) is 39.0 Å². The van der Waals surface area contributed by atoms with Crippen LogP contribution in [-0.4, -0.2) is 36.0 Å². The molecule has 21 heavy (non-hydrogen) atoms. The van der Waals surface area contributed by atoms with E-state index in [1.807, 2.05) is 14.1 Å². The monoisotopic (exact) mass is 342 g/mol. The first-order valence-corrected chi connectivity index (χ1v) is 7.37. The Kier molecular flexibility index (Phi) is 15.0. The van der Waals surface area contributed by atoms with Crippen molar-refractivity contribution in [3.05, 3.63) is 11.7 Å². The van der Waals surface area contributed by atoms with Crippen LogP contribution in [0, 0.1) is 0 Å². The standard InChI is InChI=1S/C12H21F2NOS.CH3NOS/c1-10(11(13)14)8-6-4-5-7-9-16-12(17)15(2)3;2-1(3)4/h4-9H2,1-3H3;(H3,2,3,4). The molecule has 2 N–H and O–H groups in total. The summed E-state index contributed by atoms with van der Waals surface area (Å²) >= 11 is 8.06. The van der Waals surface area contributed by atoms with Gasteiger partial charge in [0, 0.05) is 14.1 Å². The van der Waals surface area contributed by atoms with Crippen LogP contribution < -0.4 is 5.73 Å². The van der Waals surface area contributed by atoms with Crippen molar-refractivity contribution < 1.29 is 18.3 Å². The molecular formula is C13H24F2N2O2S2. The molecule has 0 rings (SSSR count). The number of ether oxygens (including phenoxy) is 1. The van der Waals surface area contributed by atoms with E-state index in [-0.39, 0.29) is 5.57 Å². The van der Waals surface area contributed by atoms with Gasteiger partial charge >= 0.3 is 0 Å². The van der Waals surface area contributed by atoms with Gasteiger partial charge in [-0.25, -0.2) is 0 Å². The maximum absolute atomic E-state index is 12.1. The Hall–Kier alpha value is -0.890. The topological polar surface area (TPSA) is 55.6 Å². The van der Waals surface area contributed by atoms with Crippen molar-refractivity contribution in [3.63, 3.8) is 0 Å². The van der Waals surface area contributed by atoms with Gasteiger partial charge in [0.05, 0.1) is 6.61 Å². The summed E-state index contributed by atoms with van der Waals surface area (Å²) in [5, 5.41) is -0.150. The third-order valence-corrected chi connectivity index (χ3v) is 2.84. The van der Waals surface area contributed by atoms with Gasteiger partial charge in [-0.1, -0.05) is 25.5 Å². The molecule has 0 heterocycles. The van der Waals surface area contributed by atoms with E-state index in [0.717, 1.165) is 25.7 Å². The Bertz CT molecular complexity index is 343. The molecule has 0 aromatic carbocycles. The summed E-state index contributed by atoms with van der Waals surface area (Å²) in [6.45, 7) is 2.08. The Balaban J connectivity index is 0. The Labute approximate surface area is 136 Å². The summed E-state index contributed by atoms with van der Waals surface area (Å²) in [7, 11) is 3.67. The second-order valence-corrected chi connectivity index (χ2v) is 5.34. The van der Waals surface area contributed by atoms with Gasteiger partial charge in [0.15, 0.2) is 0 Å². The number of allylic oxidation sites excluding steroid dienone is 1. The van der Waals surface area contributed by atoms with E-state index >= 15 is 0 Å². The van der Waals surface area contributed by atoms with Crippen molar-refractivity contribution in [3.8, 4) is 0 Å². The molecule has 0 aliphatic carbocycles. The van der Waals surface area contributed by atoms with Crippen molar-refractivity contribution >= 4 is 35.3 Å². The van der Waals surface area contributed by atoms with E-state index in [4.69, 9.17) is 21.7 Å². The molecule has 4 nitrogen and oxygen atoms in total. The fourth-order valence-corrected chi connectivity index (χ4v) is 1.31. The molecule has 0 spiro atoms. The SMILES string of the molecule is CC(CCCCCCOC(=S)N(C)C)=C(F)F.NC(=O)S. The highest BCUT2D eigenvalue weighted by molar-refractivity contribution is 7.96. The summed E-state index contributed by atoms with van der Waals surface area (Å²) in [5.74, 6) is 0. The van der Waals surface area contributed by atoms with Crippen LogP contribution in [0.1, 0.15) is 39.0 Å². The van der Waals surface area contributed by atoms with Crippen LogP contribution in [0.25, 0.3) is 0 Å². The molecule has 0 saturated carbocycles. The van der Waals surface area contributed by atoms with Crippen molar-refractivity contribution in [1.82, 2.24) is 4.90 Å². The average Bonchev–Trinajstić information content (AvgIpc) is 2.35. The summed E-state index contributed by atoms with van der Waals surface area (Å²) < 4.78 is 29.4. The highest BCUT2D eigenvalue weighted by atomic mass is 32.1. The van der Waals surface area contributed by atoms with Crippen LogP contribution in [-0.2, 0) is 4.74 Å². The van der Waals surface area contributed by atoms with Crippen LogP contribution in [0.15, 0.2) is 11.7 Å². The normalized spacial score (nSPS) is 9.24. The van der Waals surface area contributed by atoms with Gasteiger partial charge < -0.3 is 15.4 Å². The number of nitrogens with two attached hydrogens (primary N) is 1. The van der Waals surface area contributed by atoms with E-state index in [1.165, 1.54) is 6.92 Å². The Morgan fingerprint density at radius 1 is 1.24 bits per heavy atom. The number of hydrogen-bond donors (Lipinski definition) is 2.